The molecule has 1 aromatic rings. The predicted molar refractivity (Wildman–Crippen MR) is 129 cm³/mol. The van der Waals surface area contributed by atoms with Gasteiger partial charge < -0.3 is 24.6 Å². The van der Waals surface area contributed by atoms with Gasteiger partial charge in [0, 0.05) is 13.0 Å². The van der Waals surface area contributed by atoms with Gasteiger partial charge in [0.15, 0.2) is 11.5 Å². The van der Waals surface area contributed by atoms with Crippen molar-refractivity contribution < 1.29 is 19.7 Å². The Morgan fingerprint density at radius 2 is 1.45 bits per heavy atom. The van der Waals surface area contributed by atoms with Gasteiger partial charge in [-0.15, -0.1) is 11.5 Å². The lowest BCUT2D eigenvalue weighted by atomic mass is 10.1. The highest BCUT2D eigenvalue weighted by Gasteiger charge is 2.24. The Kier molecular flexibility index (Phi) is 11.5. The molecule has 1 saturated heterocycles. The summed E-state index contributed by atoms with van der Waals surface area (Å²) < 4.78 is 11.7. The second-order valence-electron chi connectivity index (χ2n) is 8.58. The second kappa shape index (κ2) is 13.8. The van der Waals surface area contributed by atoms with E-state index in [0.29, 0.717) is 24.5 Å². The van der Waals surface area contributed by atoms with Crippen molar-refractivity contribution in [3.8, 4) is 23.0 Å². The highest BCUT2D eigenvalue weighted by Crippen LogP contribution is 2.27. The van der Waals surface area contributed by atoms with E-state index in [-0.39, 0.29) is 13.2 Å². The zero-order valence-corrected chi connectivity index (χ0v) is 20.6. The van der Waals surface area contributed by atoms with Crippen LogP contribution in [-0.2, 0) is 0 Å². The van der Waals surface area contributed by atoms with Crippen LogP contribution in [0.4, 0.5) is 0 Å². The fraction of sp³-hybridized carbons (Fsp3) is 0.680. The molecule has 5 nitrogen and oxygen atoms in total. The SMILES string of the molecule is CC[Si](C#CC[C@@H](O)COc1ccccc1OC[C@@H](O)CN1CCCCC1)(CC)CC. The Labute approximate surface area is 189 Å². The Hall–Kier alpha value is -1.52. The summed E-state index contributed by atoms with van der Waals surface area (Å²) in [7, 11) is -1.48. The van der Waals surface area contributed by atoms with Crippen molar-refractivity contribution in [3.05, 3.63) is 24.3 Å². The average Bonchev–Trinajstić information content (AvgIpc) is 2.80. The summed E-state index contributed by atoms with van der Waals surface area (Å²) in [5.74, 6) is 4.39. The van der Waals surface area contributed by atoms with Crippen LogP contribution in [0.5, 0.6) is 11.5 Å². The lowest BCUT2D eigenvalue weighted by Crippen LogP contribution is -2.38. The zero-order chi connectivity index (χ0) is 22.5. The van der Waals surface area contributed by atoms with Crippen molar-refractivity contribution in [1.82, 2.24) is 4.90 Å². The summed E-state index contributed by atoms with van der Waals surface area (Å²) in [6, 6.07) is 10.9. The number of likely N-dealkylation sites (tertiary alicyclic amines) is 1. The number of aliphatic hydroxyl groups is 2. The molecule has 2 atom stereocenters. The second-order valence-corrected chi connectivity index (χ2v) is 13.5. The molecular formula is C25H41NO4Si. The molecule has 1 aliphatic rings. The molecule has 0 bridgehead atoms. The molecule has 0 radical (unpaired) electrons. The van der Waals surface area contributed by atoms with Crippen LogP contribution in [0, 0.1) is 11.5 Å². The van der Waals surface area contributed by atoms with Gasteiger partial charge in [0.1, 0.15) is 27.4 Å². The minimum atomic E-state index is -1.48. The maximum absolute atomic E-state index is 10.3. The molecular weight excluding hydrogens is 406 g/mol. The van der Waals surface area contributed by atoms with Crippen LogP contribution < -0.4 is 9.47 Å². The van der Waals surface area contributed by atoms with E-state index in [4.69, 9.17) is 9.47 Å². The number of hydrogen-bond acceptors (Lipinski definition) is 5. The van der Waals surface area contributed by atoms with Gasteiger partial charge >= 0.3 is 0 Å². The van der Waals surface area contributed by atoms with Gasteiger partial charge in [-0.1, -0.05) is 39.3 Å². The van der Waals surface area contributed by atoms with E-state index < -0.39 is 20.3 Å². The molecule has 0 aliphatic carbocycles. The largest absolute Gasteiger partial charge is 0.487 e. The van der Waals surface area contributed by atoms with Crippen molar-refractivity contribution in [3.63, 3.8) is 0 Å². The predicted octanol–water partition coefficient (Wildman–Crippen LogP) is 4.09. The molecule has 0 amide bonds. The summed E-state index contributed by atoms with van der Waals surface area (Å²) in [4.78, 5) is 2.30. The number of piperidine rings is 1. The number of para-hydroxylation sites is 2. The Bertz CT molecular complexity index is 684. The number of β-amino-alcohol motifs (C(OH)–C–C–N with tert-alkyl or cyclic N) is 1. The number of benzene rings is 1. The van der Waals surface area contributed by atoms with Gasteiger partial charge in [0.2, 0.25) is 0 Å². The van der Waals surface area contributed by atoms with Crippen molar-refractivity contribution in [2.45, 2.75) is 76.8 Å². The average molecular weight is 448 g/mol. The number of aliphatic hydroxyl groups excluding tert-OH is 2. The van der Waals surface area contributed by atoms with Gasteiger partial charge in [-0.25, -0.2) is 0 Å². The van der Waals surface area contributed by atoms with E-state index in [0.717, 1.165) is 31.2 Å². The van der Waals surface area contributed by atoms with Gasteiger partial charge in [0.05, 0.1) is 6.10 Å². The Morgan fingerprint density at radius 3 is 2.00 bits per heavy atom. The third kappa shape index (κ3) is 8.86. The molecule has 2 rings (SSSR count). The van der Waals surface area contributed by atoms with Crippen LogP contribution in [-0.4, -0.2) is 68.2 Å². The van der Waals surface area contributed by atoms with Crippen LogP contribution in [0.15, 0.2) is 24.3 Å². The summed E-state index contributed by atoms with van der Waals surface area (Å²) in [5, 5.41) is 20.7. The summed E-state index contributed by atoms with van der Waals surface area (Å²) >= 11 is 0. The molecule has 0 aromatic heterocycles. The van der Waals surface area contributed by atoms with E-state index in [1.807, 2.05) is 24.3 Å². The van der Waals surface area contributed by atoms with Crippen LogP contribution >= 0.6 is 0 Å². The third-order valence-electron chi connectivity index (χ3n) is 6.35. The van der Waals surface area contributed by atoms with E-state index in [1.54, 1.807) is 0 Å². The summed E-state index contributed by atoms with van der Waals surface area (Å²) in [6.07, 6.45) is 2.94. The molecule has 1 heterocycles. The fourth-order valence-corrected chi connectivity index (χ4v) is 6.49. The summed E-state index contributed by atoms with van der Waals surface area (Å²) in [5.41, 5.74) is 3.51. The number of ether oxygens (including phenoxy) is 2. The van der Waals surface area contributed by atoms with Crippen LogP contribution in [0.3, 0.4) is 0 Å². The standard InChI is InChI=1S/C25H41NO4Si/c1-4-31(5-2,6-3)18-12-13-22(27)20-29-24-14-8-9-15-25(24)30-21-23(28)19-26-16-10-7-11-17-26/h8-9,14-15,22-23,27-28H,4-7,10-11,13,16-17,19-21H2,1-3H3/t22-,23+/m1/s1. The normalized spacial score (nSPS) is 16.8. The minimum absolute atomic E-state index is 0.171. The molecule has 174 valence electrons. The van der Waals surface area contributed by atoms with Crippen molar-refractivity contribution in [2.75, 3.05) is 32.8 Å². The lowest BCUT2D eigenvalue weighted by molar-refractivity contribution is 0.0592. The highest BCUT2D eigenvalue weighted by molar-refractivity contribution is 6.87. The van der Waals surface area contributed by atoms with Gasteiger partial charge in [-0.2, -0.15) is 0 Å². The molecule has 1 aromatic carbocycles. The fourth-order valence-electron chi connectivity index (χ4n) is 3.98. The van der Waals surface area contributed by atoms with E-state index >= 15 is 0 Å². The number of hydrogen-bond donors (Lipinski definition) is 2. The quantitative estimate of drug-likeness (QED) is 0.373. The van der Waals surface area contributed by atoms with E-state index in [9.17, 15) is 10.2 Å². The van der Waals surface area contributed by atoms with Gasteiger partial charge in [-0.3, -0.25) is 0 Å². The maximum atomic E-state index is 10.3. The molecule has 6 heteroatoms. The minimum Gasteiger partial charge on any atom is -0.487 e. The smallest absolute Gasteiger partial charge is 0.161 e. The third-order valence-corrected chi connectivity index (χ3v) is 11.1. The Morgan fingerprint density at radius 1 is 0.903 bits per heavy atom. The monoisotopic (exact) mass is 447 g/mol. The van der Waals surface area contributed by atoms with Crippen LogP contribution in [0.1, 0.15) is 46.5 Å². The number of rotatable bonds is 12. The highest BCUT2D eigenvalue weighted by atomic mass is 28.3. The zero-order valence-electron chi connectivity index (χ0n) is 19.6. The first-order chi connectivity index (χ1) is 15.0. The van der Waals surface area contributed by atoms with Crippen LogP contribution in [0.2, 0.25) is 18.1 Å². The molecule has 31 heavy (non-hydrogen) atoms. The van der Waals surface area contributed by atoms with Crippen LogP contribution in [0.25, 0.3) is 0 Å². The van der Waals surface area contributed by atoms with Gasteiger partial charge in [0.25, 0.3) is 0 Å². The maximum Gasteiger partial charge on any atom is 0.161 e. The molecule has 0 spiro atoms. The Balaban J connectivity index is 1.81. The topological polar surface area (TPSA) is 62.2 Å². The molecule has 2 N–H and O–H groups in total. The molecule has 1 fully saturated rings. The number of nitrogens with zero attached hydrogens (tertiary/aromatic N) is 1. The van der Waals surface area contributed by atoms with Crippen molar-refractivity contribution in [1.29, 1.82) is 0 Å². The van der Waals surface area contributed by atoms with Crippen molar-refractivity contribution in [2.24, 2.45) is 0 Å². The first kappa shape index (κ1) is 25.7. The van der Waals surface area contributed by atoms with Crippen molar-refractivity contribution >= 4 is 8.07 Å². The summed E-state index contributed by atoms with van der Waals surface area (Å²) in [6.45, 7) is 9.83. The van der Waals surface area contributed by atoms with E-state index in [1.165, 1.54) is 19.3 Å². The molecule has 0 unspecified atom stereocenters. The molecule has 0 saturated carbocycles. The first-order valence-electron chi connectivity index (χ1n) is 11.9. The first-order valence-corrected chi connectivity index (χ1v) is 14.6. The molecule has 1 aliphatic heterocycles. The lowest BCUT2D eigenvalue weighted by Gasteiger charge is -2.28. The van der Waals surface area contributed by atoms with E-state index in [2.05, 4.69) is 37.1 Å². The van der Waals surface area contributed by atoms with Gasteiger partial charge in [-0.05, 0) is 56.2 Å².